The van der Waals surface area contributed by atoms with Gasteiger partial charge in [-0.1, -0.05) is 6.07 Å². The van der Waals surface area contributed by atoms with Crippen LogP contribution in [-0.2, 0) is 13.1 Å². The standard InChI is InChI=1S/C24H28N6O3/c1-5-29-16(4)18(15-27-29)20-10-11-25-23-13-19(28-30(20)23)24(31)26-14-17-8-9-21(32-6-2)22(12-17)33-7-3/h8-13,15H,5-7,14H2,1-4H3,(H,26,31). The number of hydrogen-bond donors (Lipinski definition) is 1. The summed E-state index contributed by atoms with van der Waals surface area (Å²) in [5, 5.41) is 11.9. The minimum atomic E-state index is -0.278. The summed E-state index contributed by atoms with van der Waals surface area (Å²) < 4.78 is 14.9. The Labute approximate surface area is 192 Å². The van der Waals surface area contributed by atoms with Crippen molar-refractivity contribution in [2.75, 3.05) is 13.2 Å². The van der Waals surface area contributed by atoms with Crippen LogP contribution >= 0.6 is 0 Å². The first-order valence-electron chi connectivity index (χ1n) is 11.1. The average molecular weight is 449 g/mol. The molecule has 1 amide bonds. The molecule has 9 nitrogen and oxygen atoms in total. The van der Waals surface area contributed by atoms with Gasteiger partial charge in [-0.05, 0) is 51.5 Å². The molecular formula is C24H28N6O3. The smallest absolute Gasteiger partial charge is 0.272 e. The zero-order chi connectivity index (χ0) is 23.4. The molecule has 3 heterocycles. The number of nitrogens with zero attached hydrogens (tertiary/aromatic N) is 5. The van der Waals surface area contributed by atoms with Crippen molar-refractivity contribution in [1.29, 1.82) is 0 Å². The predicted octanol–water partition coefficient (Wildman–Crippen LogP) is 3.65. The molecule has 0 fully saturated rings. The largest absolute Gasteiger partial charge is 0.490 e. The summed E-state index contributed by atoms with van der Waals surface area (Å²) >= 11 is 0. The van der Waals surface area contributed by atoms with Crippen LogP contribution in [0.1, 0.15) is 42.5 Å². The quantitative estimate of drug-likeness (QED) is 0.420. The number of carbonyl (C=O) groups is 1. The second-order valence-corrected chi connectivity index (χ2v) is 7.42. The van der Waals surface area contributed by atoms with Crippen molar-refractivity contribution in [3.8, 4) is 22.8 Å². The van der Waals surface area contributed by atoms with Gasteiger partial charge >= 0.3 is 0 Å². The maximum absolute atomic E-state index is 12.8. The van der Waals surface area contributed by atoms with E-state index in [1.54, 1.807) is 16.8 Å². The number of aromatic nitrogens is 5. The van der Waals surface area contributed by atoms with E-state index in [4.69, 9.17) is 9.47 Å². The first-order chi connectivity index (χ1) is 16.0. The summed E-state index contributed by atoms with van der Waals surface area (Å²) in [6, 6.07) is 9.20. The molecule has 1 aromatic carbocycles. The van der Waals surface area contributed by atoms with Crippen LogP contribution in [-0.4, -0.2) is 43.5 Å². The van der Waals surface area contributed by atoms with Gasteiger partial charge in [0, 0.05) is 36.6 Å². The lowest BCUT2D eigenvalue weighted by molar-refractivity contribution is 0.0945. The number of amides is 1. The van der Waals surface area contributed by atoms with Gasteiger partial charge in [0.25, 0.3) is 5.91 Å². The molecule has 0 bridgehead atoms. The Morgan fingerprint density at radius 3 is 2.58 bits per heavy atom. The second kappa shape index (κ2) is 9.72. The number of benzene rings is 1. The summed E-state index contributed by atoms with van der Waals surface area (Å²) in [6.07, 6.45) is 3.53. The highest BCUT2D eigenvalue weighted by Gasteiger charge is 2.17. The Morgan fingerprint density at radius 1 is 1.06 bits per heavy atom. The normalized spacial score (nSPS) is 11.0. The van der Waals surface area contributed by atoms with E-state index in [1.165, 1.54) is 0 Å². The molecule has 0 radical (unpaired) electrons. The third-order valence-corrected chi connectivity index (χ3v) is 5.33. The number of aryl methyl sites for hydroxylation is 1. The van der Waals surface area contributed by atoms with E-state index in [1.807, 2.05) is 62.8 Å². The highest BCUT2D eigenvalue weighted by molar-refractivity contribution is 5.93. The minimum Gasteiger partial charge on any atom is -0.490 e. The summed E-state index contributed by atoms with van der Waals surface area (Å²) in [5.74, 6) is 1.07. The molecule has 0 atom stereocenters. The molecule has 1 N–H and O–H groups in total. The minimum absolute atomic E-state index is 0.278. The first-order valence-corrected chi connectivity index (χ1v) is 11.1. The average Bonchev–Trinajstić information content (AvgIpc) is 3.42. The molecule has 0 aliphatic rings. The Morgan fingerprint density at radius 2 is 1.85 bits per heavy atom. The van der Waals surface area contributed by atoms with Crippen LogP contribution in [0, 0.1) is 6.92 Å². The van der Waals surface area contributed by atoms with Crippen LogP contribution < -0.4 is 14.8 Å². The van der Waals surface area contributed by atoms with Gasteiger partial charge in [-0.2, -0.15) is 10.2 Å². The summed E-state index contributed by atoms with van der Waals surface area (Å²) in [7, 11) is 0. The predicted molar refractivity (Wildman–Crippen MR) is 125 cm³/mol. The summed E-state index contributed by atoms with van der Waals surface area (Å²) in [6.45, 7) is 10.1. The van der Waals surface area contributed by atoms with Crippen molar-refractivity contribution in [3.05, 3.63) is 59.7 Å². The second-order valence-electron chi connectivity index (χ2n) is 7.42. The van der Waals surface area contributed by atoms with E-state index < -0.39 is 0 Å². The SMILES string of the molecule is CCOc1ccc(CNC(=O)c2cc3nccc(-c4cnn(CC)c4C)n3n2)cc1OCC. The maximum Gasteiger partial charge on any atom is 0.272 e. The number of carbonyl (C=O) groups excluding carboxylic acids is 1. The molecule has 172 valence electrons. The molecule has 4 rings (SSSR count). The third kappa shape index (κ3) is 4.52. The van der Waals surface area contributed by atoms with Crippen molar-refractivity contribution in [1.82, 2.24) is 29.7 Å². The lowest BCUT2D eigenvalue weighted by Gasteiger charge is -2.12. The number of hydrogen-bond acceptors (Lipinski definition) is 6. The van der Waals surface area contributed by atoms with E-state index >= 15 is 0 Å². The molecule has 0 spiro atoms. The molecule has 0 unspecified atom stereocenters. The van der Waals surface area contributed by atoms with Crippen molar-refractivity contribution in [3.63, 3.8) is 0 Å². The Balaban J connectivity index is 1.54. The van der Waals surface area contributed by atoms with E-state index in [0.29, 0.717) is 42.6 Å². The molecule has 0 saturated heterocycles. The van der Waals surface area contributed by atoms with Crippen LogP contribution in [0.4, 0.5) is 0 Å². The van der Waals surface area contributed by atoms with Gasteiger partial charge < -0.3 is 14.8 Å². The fourth-order valence-electron chi connectivity index (χ4n) is 3.71. The molecule has 3 aromatic heterocycles. The van der Waals surface area contributed by atoms with Gasteiger partial charge in [0.1, 0.15) is 0 Å². The molecular weight excluding hydrogens is 420 g/mol. The monoisotopic (exact) mass is 448 g/mol. The Bertz CT molecular complexity index is 1280. The zero-order valence-corrected chi connectivity index (χ0v) is 19.3. The summed E-state index contributed by atoms with van der Waals surface area (Å²) in [4.78, 5) is 17.2. The number of ether oxygens (including phenoxy) is 2. The Kier molecular flexibility index (Phi) is 6.58. The van der Waals surface area contributed by atoms with Gasteiger partial charge in [-0.25, -0.2) is 9.50 Å². The topological polar surface area (TPSA) is 95.6 Å². The van der Waals surface area contributed by atoms with Gasteiger partial charge in [0.05, 0.1) is 25.1 Å². The zero-order valence-electron chi connectivity index (χ0n) is 19.3. The lowest BCUT2D eigenvalue weighted by atomic mass is 10.2. The van der Waals surface area contributed by atoms with E-state index in [-0.39, 0.29) is 5.91 Å². The van der Waals surface area contributed by atoms with Gasteiger partial charge in [0.2, 0.25) is 0 Å². The first kappa shape index (κ1) is 22.3. The van der Waals surface area contributed by atoms with Crippen LogP contribution in [0.15, 0.2) is 42.7 Å². The van der Waals surface area contributed by atoms with Crippen molar-refractivity contribution in [2.45, 2.75) is 40.8 Å². The van der Waals surface area contributed by atoms with Crippen molar-refractivity contribution < 1.29 is 14.3 Å². The van der Waals surface area contributed by atoms with Crippen molar-refractivity contribution in [2.24, 2.45) is 0 Å². The van der Waals surface area contributed by atoms with Gasteiger partial charge in [0.15, 0.2) is 22.8 Å². The van der Waals surface area contributed by atoms with E-state index in [2.05, 4.69) is 20.5 Å². The maximum atomic E-state index is 12.8. The van der Waals surface area contributed by atoms with Gasteiger partial charge in [-0.3, -0.25) is 9.48 Å². The number of rotatable bonds is 9. The highest BCUT2D eigenvalue weighted by atomic mass is 16.5. The number of nitrogens with one attached hydrogen (secondary N) is 1. The molecule has 4 aromatic rings. The molecule has 33 heavy (non-hydrogen) atoms. The van der Waals surface area contributed by atoms with Crippen molar-refractivity contribution >= 4 is 11.6 Å². The van der Waals surface area contributed by atoms with Crippen LogP contribution in [0.2, 0.25) is 0 Å². The lowest BCUT2D eigenvalue weighted by Crippen LogP contribution is -2.23. The molecule has 0 aliphatic carbocycles. The highest BCUT2D eigenvalue weighted by Crippen LogP contribution is 2.28. The van der Waals surface area contributed by atoms with Crippen LogP contribution in [0.25, 0.3) is 16.9 Å². The fraction of sp³-hybridized carbons (Fsp3) is 0.333. The van der Waals surface area contributed by atoms with Crippen LogP contribution in [0.5, 0.6) is 11.5 Å². The molecule has 0 saturated carbocycles. The third-order valence-electron chi connectivity index (χ3n) is 5.33. The van der Waals surface area contributed by atoms with Gasteiger partial charge in [-0.15, -0.1) is 0 Å². The molecule has 0 aliphatic heterocycles. The fourth-order valence-corrected chi connectivity index (χ4v) is 3.71. The Hall–Kier alpha value is -3.88. The summed E-state index contributed by atoms with van der Waals surface area (Å²) in [5.41, 5.74) is 4.63. The van der Waals surface area contributed by atoms with E-state index in [0.717, 1.165) is 29.1 Å². The van der Waals surface area contributed by atoms with E-state index in [9.17, 15) is 4.79 Å². The molecule has 9 heteroatoms. The van der Waals surface area contributed by atoms with Crippen LogP contribution in [0.3, 0.4) is 0 Å². The number of fused-ring (bicyclic) bond motifs is 1.